The number of halogens is 2. The minimum absolute atomic E-state index is 0.105. The lowest BCUT2D eigenvalue weighted by atomic mass is 10.0. The molecule has 0 N–H and O–H groups in total. The lowest BCUT2D eigenvalue weighted by Crippen LogP contribution is -2.02. The summed E-state index contributed by atoms with van der Waals surface area (Å²) >= 11 is 9.28. The number of rotatable bonds is 4. The van der Waals surface area contributed by atoms with Crippen molar-refractivity contribution in [2.45, 2.75) is 12.8 Å². The minimum Gasteiger partial charge on any atom is -0.294 e. The molecule has 1 nitrogen and oxygen atoms in total. The first-order valence-corrected chi connectivity index (χ1v) is 6.86. The zero-order valence-electron chi connectivity index (χ0n) is 9.70. The number of benzene rings is 2. The van der Waals surface area contributed by atoms with Gasteiger partial charge in [-0.15, -0.1) is 0 Å². The first kappa shape index (κ1) is 13.3. The van der Waals surface area contributed by atoms with Gasteiger partial charge in [-0.1, -0.05) is 57.9 Å². The van der Waals surface area contributed by atoms with E-state index in [1.807, 2.05) is 30.3 Å². The van der Waals surface area contributed by atoms with Crippen LogP contribution in [-0.2, 0) is 6.42 Å². The second kappa shape index (κ2) is 6.17. The monoisotopic (exact) mass is 322 g/mol. The molecule has 0 radical (unpaired) electrons. The summed E-state index contributed by atoms with van der Waals surface area (Å²) < 4.78 is 0.796. The molecule has 0 bridgehead atoms. The van der Waals surface area contributed by atoms with Gasteiger partial charge in [0, 0.05) is 21.5 Å². The fraction of sp³-hybridized carbons (Fsp3) is 0.133. The molecule has 0 saturated heterocycles. The number of aryl methyl sites for hydroxylation is 1. The normalized spacial score (nSPS) is 10.3. The Morgan fingerprint density at radius 3 is 2.56 bits per heavy atom. The summed E-state index contributed by atoms with van der Waals surface area (Å²) in [5.74, 6) is 0.105. The molecule has 3 heteroatoms. The average molecular weight is 324 g/mol. The molecule has 0 atom stereocenters. The van der Waals surface area contributed by atoms with Crippen LogP contribution in [-0.4, -0.2) is 5.78 Å². The maximum atomic E-state index is 12.1. The molecule has 2 aromatic rings. The van der Waals surface area contributed by atoms with E-state index in [1.165, 1.54) is 5.56 Å². The van der Waals surface area contributed by atoms with Gasteiger partial charge in [0.25, 0.3) is 0 Å². The van der Waals surface area contributed by atoms with E-state index in [0.29, 0.717) is 17.0 Å². The van der Waals surface area contributed by atoms with Crippen molar-refractivity contribution >= 4 is 33.3 Å². The van der Waals surface area contributed by atoms with Crippen molar-refractivity contribution in [2.75, 3.05) is 0 Å². The Hall–Kier alpha value is -1.12. The number of carbonyl (C=O) groups excluding carboxylic acids is 1. The van der Waals surface area contributed by atoms with Crippen LogP contribution in [0.3, 0.4) is 0 Å². The van der Waals surface area contributed by atoms with Gasteiger partial charge in [0.05, 0.1) is 0 Å². The Labute approximate surface area is 120 Å². The van der Waals surface area contributed by atoms with Crippen molar-refractivity contribution in [1.29, 1.82) is 0 Å². The smallest absolute Gasteiger partial charge is 0.164 e. The van der Waals surface area contributed by atoms with E-state index in [4.69, 9.17) is 11.6 Å². The minimum atomic E-state index is 0.105. The zero-order chi connectivity index (χ0) is 13.0. The molecule has 0 amide bonds. The van der Waals surface area contributed by atoms with Crippen molar-refractivity contribution in [3.63, 3.8) is 0 Å². The predicted octanol–water partition coefficient (Wildman–Crippen LogP) is 4.92. The molecule has 0 unspecified atom stereocenters. The van der Waals surface area contributed by atoms with Crippen LogP contribution in [0.1, 0.15) is 22.3 Å². The molecule has 18 heavy (non-hydrogen) atoms. The van der Waals surface area contributed by atoms with Crippen LogP contribution in [0.4, 0.5) is 0 Å². The summed E-state index contributed by atoms with van der Waals surface area (Å²) in [6.07, 6.45) is 1.24. The van der Waals surface area contributed by atoms with Gasteiger partial charge in [-0.05, 0) is 30.2 Å². The highest BCUT2D eigenvalue weighted by molar-refractivity contribution is 9.10. The topological polar surface area (TPSA) is 17.1 Å². The van der Waals surface area contributed by atoms with Crippen LogP contribution in [0.25, 0.3) is 0 Å². The van der Waals surface area contributed by atoms with Gasteiger partial charge in [-0.3, -0.25) is 4.79 Å². The van der Waals surface area contributed by atoms with E-state index in [0.717, 1.165) is 10.9 Å². The first-order valence-electron chi connectivity index (χ1n) is 5.69. The van der Waals surface area contributed by atoms with Crippen LogP contribution < -0.4 is 0 Å². The van der Waals surface area contributed by atoms with Gasteiger partial charge < -0.3 is 0 Å². The summed E-state index contributed by atoms with van der Waals surface area (Å²) in [5.41, 5.74) is 1.82. The molecule has 0 fully saturated rings. The van der Waals surface area contributed by atoms with E-state index < -0.39 is 0 Å². The lowest BCUT2D eigenvalue weighted by Gasteiger charge is -2.04. The Morgan fingerprint density at radius 1 is 1.11 bits per heavy atom. The van der Waals surface area contributed by atoms with Gasteiger partial charge in [0.15, 0.2) is 5.78 Å². The van der Waals surface area contributed by atoms with Gasteiger partial charge >= 0.3 is 0 Å². The molecule has 92 valence electrons. The van der Waals surface area contributed by atoms with Crippen LogP contribution in [0.5, 0.6) is 0 Å². The molecule has 0 saturated carbocycles. The Balaban J connectivity index is 2.06. The van der Waals surface area contributed by atoms with Crippen molar-refractivity contribution in [3.05, 3.63) is 69.2 Å². The molecule has 0 spiro atoms. The van der Waals surface area contributed by atoms with Gasteiger partial charge in [-0.2, -0.15) is 0 Å². The zero-order valence-corrected chi connectivity index (χ0v) is 12.0. The van der Waals surface area contributed by atoms with Crippen LogP contribution in [0.15, 0.2) is 53.0 Å². The van der Waals surface area contributed by atoms with Gasteiger partial charge in [0.2, 0.25) is 0 Å². The van der Waals surface area contributed by atoms with E-state index in [-0.39, 0.29) is 5.78 Å². The van der Waals surface area contributed by atoms with Crippen molar-refractivity contribution in [2.24, 2.45) is 0 Å². The highest BCUT2D eigenvalue weighted by atomic mass is 79.9. The van der Waals surface area contributed by atoms with Gasteiger partial charge in [-0.25, -0.2) is 0 Å². The second-order valence-corrected chi connectivity index (χ2v) is 5.32. The number of carbonyl (C=O) groups is 1. The fourth-order valence-electron chi connectivity index (χ4n) is 1.75. The first-order chi connectivity index (χ1) is 8.66. The van der Waals surface area contributed by atoms with Crippen LogP contribution >= 0.6 is 27.5 Å². The lowest BCUT2D eigenvalue weighted by molar-refractivity contribution is 0.0982. The molecule has 2 aromatic carbocycles. The Bertz CT molecular complexity index is 552. The highest BCUT2D eigenvalue weighted by Crippen LogP contribution is 2.23. The van der Waals surface area contributed by atoms with Crippen LogP contribution in [0.2, 0.25) is 5.02 Å². The molecular formula is C15H12BrClO. The summed E-state index contributed by atoms with van der Waals surface area (Å²) in [5, 5.41) is 0.585. The van der Waals surface area contributed by atoms with Crippen LogP contribution in [0, 0.1) is 0 Å². The third kappa shape index (κ3) is 3.44. The predicted molar refractivity (Wildman–Crippen MR) is 78.2 cm³/mol. The summed E-state index contributed by atoms with van der Waals surface area (Å²) in [7, 11) is 0. The molecule has 0 aliphatic rings. The standard InChI is InChI=1S/C15H12BrClO/c16-14-8-7-12(17)10-13(14)15(18)9-6-11-4-2-1-3-5-11/h1-5,7-8,10H,6,9H2. The molecular weight excluding hydrogens is 312 g/mol. The maximum Gasteiger partial charge on any atom is 0.164 e. The molecule has 2 rings (SSSR count). The van der Waals surface area contributed by atoms with Crippen molar-refractivity contribution < 1.29 is 4.79 Å². The fourth-order valence-corrected chi connectivity index (χ4v) is 2.39. The quantitative estimate of drug-likeness (QED) is 0.730. The van der Waals surface area contributed by atoms with Gasteiger partial charge in [0.1, 0.15) is 0 Å². The van der Waals surface area contributed by atoms with E-state index in [2.05, 4.69) is 15.9 Å². The molecule has 0 aliphatic carbocycles. The summed E-state index contributed by atoms with van der Waals surface area (Å²) in [6.45, 7) is 0. The number of Topliss-reactive ketones (excluding diaryl/α,β-unsaturated/α-hetero) is 1. The third-order valence-electron chi connectivity index (χ3n) is 2.71. The summed E-state index contributed by atoms with van der Waals surface area (Å²) in [4.78, 5) is 12.1. The Morgan fingerprint density at radius 2 is 1.83 bits per heavy atom. The van der Waals surface area contributed by atoms with E-state index in [1.54, 1.807) is 18.2 Å². The van der Waals surface area contributed by atoms with E-state index >= 15 is 0 Å². The van der Waals surface area contributed by atoms with E-state index in [9.17, 15) is 4.79 Å². The molecule has 0 aromatic heterocycles. The number of ketones is 1. The largest absolute Gasteiger partial charge is 0.294 e. The second-order valence-electron chi connectivity index (χ2n) is 4.03. The van der Waals surface area contributed by atoms with Crippen molar-refractivity contribution in [3.8, 4) is 0 Å². The third-order valence-corrected chi connectivity index (χ3v) is 3.64. The van der Waals surface area contributed by atoms with Crippen molar-refractivity contribution in [1.82, 2.24) is 0 Å². The summed E-state index contributed by atoms with van der Waals surface area (Å²) in [6, 6.07) is 15.3. The number of hydrogen-bond acceptors (Lipinski definition) is 1. The Kier molecular flexibility index (Phi) is 4.56. The SMILES string of the molecule is O=C(CCc1ccccc1)c1cc(Cl)ccc1Br. The maximum absolute atomic E-state index is 12.1. The highest BCUT2D eigenvalue weighted by Gasteiger charge is 2.10. The average Bonchev–Trinajstić information content (AvgIpc) is 2.40. The number of hydrogen-bond donors (Lipinski definition) is 0. The molecule has 0 aliphatic heterocycles. The molecule has 0 heterocycles.